The number of nitrogens with one attached hydrogen (secondary N) is 4. The summed E-state index contributed by atoms with van der Waals surface area (Å²) in [6.45, 7) is 0.715. The molecule has 0 aliphatic carbocycles. The fourth-order valence-corrected chi connectivity index (χ4v) is 3.89. The number of aromatic amines is 1. The van der Waals surface area contributed by atoms with Crippen molar-refractivity contribution in [3.8, 4) is 5.75 Å². The van der Waals surface area contributed by atoms with E-state index in [1.165, 1.54) is 31.2 Å². The maximum Gasteiger partial charge on any atom is 0.326 e. The Labute approximate surface area is 218 Å². The van der Waals surface area contributed by atoms with Crippen LogP contribution in [0, 0.1) is 0 Å². The summed E-state index contributed by atoms with van der Waals surface area (Å²) in [4.78, 5) is 52.3. The van der Waals surface area contributed by atoms with Gasteiger partial charge in [-0.2, -0.15) is 0 Å². The van der Waals surface area contributed by atoms with Crippen LogP contribution in [0.2, 0.25) is 0 Å². The Morgan fingerprint density at radius 2 is 1.66 bits per heavy atom. The third kappa shape index (κ3) is 7.54. The number of H-pyrrole nitrogens is 1. The number of aliphatic hydroxyl groups is 1. The predicted octanol–water partition coefficient (Wildman–Crippen LogP) is -0.463. The van der Waals surface area contributed by atoms with Crippen LogP contribution in [-0.4, -0.2) is 74.8 Å². The van der Waals surface area contributed by atoms with Gasteiger partial charge in [-0.05, 0) is 42.7 Å². The van der Waals surface area contributed by atoms with E-state index in [0.717, 1.165) is 16.5 Å². The molecule has 0 fully saturated rings. The van der Waals surface area contributed by atoms with Crippen LogP contribution in [-0.2, 0) is 32.0 Å². The first-order valence-corrected chi connectivity index (χ1v) is 11.9. The number of aromatic hydroxyl groups is 1. The number of aliphatic carboxylic acids is 1. The second-order valence-corrected chi connectivity index (χ2v) is 8.94. The highest BCUT2D eigenvalue weighted by molar-refractivity contribution is 5.93. The van der Waals surface area contributed by atoms with E-state index in [2.05, 4.69) is 20.9 Å². The summed E-state index contributed by atoms with van der Waals surface area (Å²) in [6.07, 6.45) is 0.588. The number of phenolic OH excluding ortho intramolecular Hbond substituents is 1. The summed E-state index contributed by atoms with van der Waals surface area (Å²) in [7, 11) is 0. The topological polar surface area (TPSA) is 207 Å². The number of carboxylic acids is 1. The first-order chi connectivity index (χ1) is 18.0. The average Bonchev–Trinajstić information content (AvgIpc) is 3.29. The zero-order valence-electron chi connectivity index (χ0n) is 20.7. The van der Waals surface area contributed by atoms with Crippen LogP contribution >= 0.6 is 0 Å². The van der Waals surface area contributed by atoms with Gasteiger partial charge in [0.1, 0.15) is 17.8 Å². The number of carbonyl (C=O) groups is 4. The van der Waals surface area contributed by atoms with Gasteiger partial charge in [-0.25, -0.2) is 4.79 Å². The van der Waals surface area contributed by atoms with Gasteiger partial charge in [-0.1, -0.05) is 30.3 Å². The molecular formula is C26H31N5O7. The van der Waals surface area contributed by atoms with Crippen LogP contribution in [0.4, 0.5) is 0 Å². The lowest BCUT2D eigenvalue weighted by atomic mass is 10.0. The van der Waals surface area contributed by atoms with Gasteiger partial charge >= 0.3 is 5.97 Å². The van der Waals surface area contributed by atoms with Crippen LogP contribution in [0.5, 0.6) is 5.75 Å². The lowest BCUT2D eigenvalue weighted by Gasteiger charge is -2.23. The van der Waals surface area contributed by atoms with E-state index in [1.807, 2.05) is 24.3 Å². The first kappa shape index (κ1) is 28.2. The van der Waals surface area contributed by atoms with E-state index in [9.17, 15) is 34.5 Å². The molecule has 1 aromatic heterocycles. The highest BCUT2D eigenvalue weighted by Crippen LogP contribution is 2.19. The molecule has 0 saturated carbocycles. The number of aliphatic hydroxyl groups excluding tert-OH is 1. The van der Waals surface area contributed by atoms with Crippen molar-refractivity contribution in [2.45, 2.75) is 44.0 Å². The standard InChI is InChI=1S/C26H31N5O7/c1-14(32)23(31-24(35)19(27)11-16-12-28-20-5-3-2-4-18(16)20)25(36)29-13-22(34)30-21(26(37)38)10-15-6-8-17(33)9-7-15/h2-9,12,14,19,21,23,28,32-33H,10-11,13,27H2,1H3,(H,29,36)(H,30,34)(H,31,35)(H,37,38). The molecule has 2 aromatic carbocycles. The van der Waals surface area contributed by atoms with Gasteiger partial charge in [0, 0.05) is 23.5 Å². The van der Waals surface area contributed by atoms with Gasteiger partial charge in [0.05, 0.1) is 18.7 Å². The van der Waals surface area contributed by atoms with Gasteiger partial charge < -0.3 is 42.0 Å². The van der Waals surface area contributed by atoms with Crippen LogP contribution in [0.25, 0.3) is 10.9 Å². The minimum Gasteiger partial charge on any atom is -0.508 e. The maximum absolute atomic E-state index is 12.7. The minimum absolute atomic E-state index is 0.0195. The molecule has 4 atom stereocenters. The van der Waals surface area contributed by atoms with Crippen molar-refractivity contribution in [1.82, 2.24) is 20.9 Å². The molecule has 4 unspecified atom stereocenters. The number of carboxylic acid groups (broad SMARTS) is 1. The smallest absolute Gasteiger partial charge is 0.326 e. The SMILES string of the molecule is CC(O)C(NC(=O)C(N)Cc1c[nH]c2ccccc12)C(=O)NCC(=O)NC(Cc1ccc(O)cc1)C(=O)O. The average molecular weight is 526 g/mol. The van der Waals surface area contributed by atoms with Crippen LogP contribution in [0.15, 0.2) is 54.7 Å². The molecule has 0 saturated heterocycles. The first-order valence-electron chi connectivity index (χ1n) is 11.9. The minimum atomic E-state index is -1.39. The molecule has 12 nitrogen and oxygen atoms in total. The highest BCUT2D eigenvalue weighted by Gasteiger charge is 2.29. The number of para-hydroxylation sites is 1. The molecule has 38 heavy (non-hydrogen) atoms. The Bertz CT molecular complexity index is 1290. The van der Waals surface area contributed by atoms with E-state index < -0.39 is 54.5 Å². The summed E-state index contributed by atoms with van der Waals surface area (Å²) in [5, 5.41) is 36.8. The van der Waals surface area contributed by atoms with Crippen molar-refractivity contribution in [3.63, 3.8) is 0 Å². The third-order valence-electron chi connectivity index (χ3n) is 5.95. The quantitative estimate of drug-likeness (QED) is 0.155. The van der Waals surface area contributed by atoms with Gasteiger partial charge in [0.15, 0.2) is 0 Å². The zero-order chi connectivity index (χ0) is 27.8. The van der Waals surface area contributed by atoms with Crippen LogP contribution in [0.1, 0.15) is 18.1 Å². The summed E-state index contributed by atoms with van der Waals surface area (Å²) in [5.74, 6) is -3.55. The highest BCUT2D eigenvalue weighted by atomic mass is 16.4. The normalized spacial score (nSPS) is 14.2. The van der Waals surface area contributed by atoms with Crippen LogP contribution < -0.4 is 21.7 Å². The van der Waals surface area contributed by atoms with E-state index >= 15 is 0 Å². The van der Waals surface area contributed by atoms with Crippen molar-refractivity contribution in [2.24, 2.45) is 5.73 Å². The Hall–Kier alpha value is -4.42. The molecular weight excluding hydrogens is 494 g/mol. The number of hydrogen-bond donors (Lipinski definition) is 8. The molecule has 9 N–H and O–H groups in total. The van der Waals surface area contributed by atoms with E-state index in [-0.39, 0.29) is 18.6 Å². The number of hydrogen-bond acceptors (Lipinski definition) is 7. The number of phenols is 1. The third-order valence-corrected chi connectivity index (χ3v) is 5.95. The van der Waals surface area contributed by atoms with Crippen LogP contribution in [0.3, 0.4) is 0 Å². The van der Waals surface area contributed by atoms with Gasteiger partial charge in [-0.3, -0.25) is 14.4 Å². The number of rotatable bonds is 12. The van der Waals surface area contributed by atoms with Crippen molar-refractivity contribution >= 4 is 34.6 Å². The lowest BCUT2D eigenvalue weighted by molar-refractivity contribution is -0.141. The fourth-order valence-electron chi connectivity index (χ4n) is 3.89. The molecule has 0 bridgehead atoms. The molecule has 3 rings (SSSR count). The fraction of sp³-hybridized carbons (Fsp3) is 0.308. The number of amides is 3. The Morgan fingerprint density at radius 3 is 2.32 bits per heavy atom. The lowest BCUT2D eigenvalue weighted by Crippen LogP contribution is -2.57. The van der Waals surface area contributed by atoms with E-state index in [4.69, 9.17) is 5.73 Å². The van der Waals surface area contributed by atoms with E-state index in [0.29, 0.717) is 5.56 Å². The summed E-state index contributed by atoms with van der Waals surface area (Å²) < 4.78 is 0. The molecule has 0 spiro atoms. The van der Waals surface area contributed by atoms with Crippen molar-refractivity contribution in [2.75, 3.05) is 6.54 Å². The summed E-state index contributed by atoms with van der Waals surface area (Å²) in [5.41, 5.74) is 8.33. The molecule has 3 aromatic rings. The van der Waals surface area contributed by atoms with Crippen molar-refractivity contribution in [1.29, 1.82) is 0 Å². The molecule has 202 valence electrons. The number of benzene rings is 2. The van der Waals surface area contributed by atoms with Crippen molar-refractivity contribution in [3.05, 3.63) is 65.9 Å². The molecule has 3 amide bonds. The largest absolute Gasteiger partial charge is 0.508 e. The van der Waals surface area contributed by atoms with Gasteiger partial charge in [0.25, 0.3) is 0 Å². The second-order valence-electron chi connectivity index (χ2n) is 8.94. The number of aromatic nitrogens is 1. The Kier molecular flexibility index (Phi) is 9.41. The number of nitrogens with two attached hydrogens (primary N) is 1. The molecule has 0 aliphatic rings. The molecule has 0 aliphatic heterocycles. The van der Waals surface area contributed by atoms with Gasteiger partial charge in [-0.15, -0.1) is 0 Å². The van der Waals surface area contributed by atoms with E-state index in [1.54, 1.807) is 6.20 Å². The monoisotopic (exact) mass is 525 g/mol. The Morgan fingerprint density at radius 1 is 0.974 bits per heavy atom. The zero-order valence-corrected chi connectivity index (χ0v) is 20.7. The number of carbonyl (C=O) groups excluding carboxylic acids is 3. The van der Waals surface area contributed by atoms with Gasteiger partial charge in [0.2, 0.25) is 17.7 Å². The molecule has 1 heterocycles. The predicted molar refractivity (Wildman–Crippen MR) is 138 cm³/mol. The molecule has 0 radical (unpaired) electrons. The summed E-state index contributed by atoms with van der Waals surface area (Å²) >= 11 is 0. The number of fused-ring (bicyclic) bond motifs is 1. The van der Waals surface area contributed by atoms with Crippen molar-refractivity contribution < 1.29 is 34.5 Å². The Balaban J connectivity index is 1.53. The summed E-state index contributed by atoms with van der Waals surface area (Å²) in [6, 6.07) is 9.68. The second kappa shape index (κ2) is 12.7. The maximum atomic E-state index is 12.7. The molecule has 12 heteroatoms.